The number of aliphatic hydroxyl groups is 2. The van der Waals surface area contributed by atoms with Crippen molar-refractivity contribution in [1.29, 1.82) is 0 Å². The normalized spacial score (nSPS) is 16.4. The van der Waals surface area contributed by atoms with E-state index in [2.05, 4.69) is 42.1 Å². The Morgan fingerprint density at radius 1 is 0.595 bits per heavy atom. The fourth-order valence-electron chi connectivity index (χ4n) is 10.1. The standard InChI is InChI=1S/C32H35FN4O3S.C29H29FN4O2S.C3H7ClO.CH4/c1-21(38)19-36-10-12-37(13-11-36)20-24-4-6-27(35-18-24)31-17-28-32(41-31)30(8-9-34-28)40-29-7-5-23(16-26(29)33)15-25(39)14-22-2-3-22;30-23-15-20(14-22(35)13-19-1-2-19)4-6-26(23)36-27-7-8-32-25-16-28(37-29(25)27)24-5-3-21(17-33-24)18-34-11-9-31-10-12-34;1-3(5)2-4;/h4-9,16-18,21-22,38H,2-3,10-15,19-20H2,1H3;3-8,15-17,19,31H,1-2,9-14,18H2;3,5H,2H2,1H3;1H4/t21-;;3-;/m1.1./s1. The maximum absolute atomic E-state index is 14.9. The molecule has 0 unspecified atom stereocenters. The number of hydrogen-bond donors (Lipinski definition) is 3. The van der Waals surface area contributed by atoms with Gasteiger partial charge in [0.05, 0.1) is 53.8 Å². The summed E-state index contributed by atoms with van der Waals surface area (Å²) in [5, 5.41) is 21.2. The molecule has 8 aromatic rings. The predicted molar refractivity (Wildman–Crippen MR) is 331 cm³/mol. The minimum absolute atomic E-state index is 0. The summed E-state index contributed by atoms with van der Waals surface area (Å²) >= 11 is 8.14. The molecular weight excluding hydrogens is 1130 g/mol. The lowest BCUT2D eigenvalue weighted by Gasteiger charge is -2.35. The zero-order valence-electron chi connectivity index (χ0n) is 47.0. The van der Waals surface area contributed by atoms with Crippen LogP contribution in [0.15, 0.2) is 110 Å². The van der Waals surface area contributed by atoms with Gasteiger partial charge in [0.25, 0.3) is 0 Å². The van der Waals surface area contributed by atoms with Crippen LogP contribution in [0.3, 0.4) is 0 Å². The van der Waals surface area contributed by atoms with E-state index in [1.807, 2.05) is 43.6 Å². The molecule has 2 atom stereocenters. The number of fused-ring (bicyclic) bond motifs is 2. The summed E-state index contributed by atoms with van der Waals surface area (Å²) in [4.78, 5) is 51.8. The van der Waals surface area contributed by atoms with E-state index >= 15 is 0 Å². The molecule has 0 spiro atoms. The average Bonchev–Trinajstić information content (AvgIpc) is 4.26. The van der Waals surface area contributed by atoms with Gasteiger partial charge in [-0.2, -0.15) is 0 Å². The minimum atomic E-state index is -0.481. The topological polar surface area (TPSA) is 166 Å². The van der Waals surface area contributed by atoms with Gasteiger partial charge >= 0.3 is 0 Å². The van der Waals surface area contributed by atoms with Gasteiger partial charge in [0.2, 0.25) is 0 Å². The quantitative estimate of drug-likeness (QED) is 0.0582. The first kappa shape index (κ1) is 62.3. The van der Waals surface area contributed by atoms with Crippen LogP contribution in [0.5, 0.6) is 23.0 Å². The van der Waals surface area contributed by atoms with Crippen LogP contribution in [-0.4, -0.2) is 133 Å². The van der Waals surface area contributed by atoms with E-state index in [9.17, 15) is 23.5 Å². The molecule has 2 aliphatic carbocycles. The Hall–Kier alpha value is -6.19. The van der Waals surface area contributed by atoms with Crippen molar-refractivity contribution >= 4 is 66.3 Å². The molecule has 4 aliphatic rings. The Bertz CT molecular complexity index is 3450. The molecule has 4 fully saturated rings. The van der Waals surface area contributed by atoms with E-state index in [1.54, 1.807) is 55.7 Å². The Labute approximate surface area is 503 Å². The highest BCUT2D eigenvalue weighted by molar-refractivity contribution is 7.23. The number of carbonyl (C=O) groups excluding carboxylic acids is 2. The number of ether oxygens (including phenoxy) is 2. The lowest BCUT2D eigenvalue weighted by atomic mass is 10.0. The number of aliphatic hydroxyl groups excluding tert-OH is 2. The summed E-state index contributed by atoms with van der Waals surface area (Å²) in [5.41, 5.74) is 7.00. The fourth-order valence-corrected chi connectivity index (χ4v) is 12.1. The van der Waals surface area contributed by atoms with Crippen molar-refractivity contribution in [3.63, 3.8) is 0 Å². The molecule has 19 heteroatoms. The summed E-state index contributed by atoms with van der Waals surface area (Å²) in [6.07, 6.45) is 12.8. The summed E-state index contributed by atoms with van der Waals surface area (Å²) in [6.45, 7) is 14.0. The summed E-state index contributed by atoms with van der Waals surface area (Å²) in [5.74, 6) is 2.12. The maximum Gasteiger partial charge on any atom is 0.166 e. The summed E-state index contributed by atoms with van der Waals surface area (Å²) in [7, 11) is 0. The van der Waals surface area contributed by atoms with Crippen LogP contribution in [0.4, 0.5) is 8.78 Å². The number of carbonyl (C=O) groups is 2. The van der Waals surface area contributed by atoms with Gasteiger partial charge in [-0.3, -0.25) is 44.2 Å². The zero-order chi connectivity index (χ0) is 57.8. The third-order valence-electron chi connectivity index (χ3n) is 14.8. The molecule has 84 heavy (non-hydrogen) atoms. The number of halogens is 3. The van der Waals surface area contributed by atoms with Crippen LogP contribution < -0.4 is 14.8 Å². The molecule has 8 heterocycles. The van der Waals surface area contributed by atoms with E-state index in [0.717, 1.165) is 145 Å². The minimum Gasteiger partial charge on any atom is -0.453 e. The van der Waals surface area contributed by atoms with Crippen LogP contribution in [0.2, 0.25) is 0 Å². The molecule has 0 bridgehead atoms. The van der Waals surface area contributed by atoms with Gasteiger partial charge in [-0.05, 0) is 122 Å². The van der Waals surface area contributed by atoms with Gasteiger partial charge in [0.15, 0.2) is 23.1 Å². The van der Waals surface area contributed by atoms with Crippen LogP contribution >= 0.6 is 34.3 Å². The second-order valence-electron chi connectivity index (χ2n) is 22.3. The first-order valence-electron chi connectivity index (χ1n) is 28.7. The first-order valence-corrected chi connectivity index (χ1v) is 30.9. The smallest absolute Gasteiger partial charge is 0.166 e. The van der Waals surface area contributed by atoms with E-state index in [0.29, 0.717) is 53.2 Å². The molecule has 2 saturated carbocycles. The van der Waals surface area contributed by atoms with Crippen molar-refractivity contribution in [2.45, 2.75) is 97.9 Å². The van der Waals surface area contributed by atoms with Crippen molar-refractivity contribution in [3.05, 3.63) is 144 Å². The molecule has 12 rings (SSSR count). The number of alkyl halides is 1. The highest BCUT2D eigenvalue weighted by Crippen LogP contribution is 2.41. The van der Waals surface area contributed by atoms with Crippen LogP contribution in [0, 0.1) is 23.5 Å². The zero-order valence-corrected chi connectivity index (χ0v) is 49.3. The Morgan fingerprint density at radius 3 is 1.42 bits per heavy atom. The lowest BCUT2D eigenvalue weighted by molar-refractivity contribution is -0.119. The largest absolute Gasteiger partial charge is 0.453 e. The first-order chi connectivity index (χ1) is 40.3. The van der Waals surface area contributed by atoms with E-state index in [-0.39, 0.29) is 55.5 Å². The molecule has 2 aromatic carbocycles. The van der Waals surface area contributed by atoms with Crippen LogP contribution in [-0.2, 0) is 35.5 Å². The number of aromatic nitrogens is 4. The monoisotopic (exact) mass is 1200 g/mol. The molecule has 14 nitrogen and oxygen atoms in total. The molecule has 2 saturated heterocycles. The Morgan fingerprint density at radius 2 is 1.02 bits per heavy atom. The number of benzene rings is 2. The van der Waals surface area contributed by atoms with E-state index in [1.165, 1.54) is 40.4 Å². The number of rotatable bonds is 21. The number of ketones is 2. The number of thiophene rings is 2. The molecule has 0 amide bonds. The van der Waals surface area contributed by atoms with Crippen molar-refractivity contribution in [2.75, 3.05) is 64.8 Å². The van der Waals surface area contributed by atoms with Crippen molar-refractivity contribution < 1.29 is 38.1 Å². The number of piperazine rings is 2. The van der Waals surface area contributed by atoms with Crippen molar-refractivity contribution in [3.8, 4) is 44.1 Å². The van der Waals surface area contributed by atoms with Gasteiger partial charge < -0.3 is 25.0 Å². The van der Waals surface area contributed by atoms with Crippen LogP contribution in [0.1, 0.15) is 82.1 Å². The molecule has 2 aliphatic heterocycles. The second-order valence-corrected chi connectivity index (χ2v) is 24.7. The van der Waals surface area contributed by atoms with Gasteiger partial charge in [0.1, 0.15) is 23.1 Å². The third-order valence-corrected chi connectivity index (χ3v) is 17.6. The number of nitrogens with one attached hydrogen (secondary N) is 1. The number of β-amino-alcohol motifs (C(OH)–C–C–N with tert-alkyl or cyclic N) is 1. The average molecular weight is 1200 g/mol. The van der Waals surface area contributed by atoms with Crippen molar-refractivity contribution in [1.82, 2.24) is 40.0 Å². The fraction of sp³-hybridized carbons (Fsp3) is 0.415. The van der Waals surface area contributed by atoms with Gasteiger partial charge in [0, 0.05) is 140 Å². The summed E-state index contributed by atoms with van der Waals surface area (Å²) < 4.78 is 43.5. The maximum atomic E-state index is 14.9. The van der Waals surface area contributed by atoms with Gasteiger partial charge in [-0.25, -0.2) is 8.78 Å². The van der Waals surface area contributed by atoms with Crippen molar-refractivity contribution in [2.24, 2.45) is 11.8 Å². The molecule has 3 N–H and O–H groups in total. The lowest BCUT2D eigenvalue weighted by Crippen LogP contribution is -2.47. The third kappa shape index (κ3) is 17.9. The molecule has 444 valence electrons. The number of nitrogens with zero attached hydrogens (tertiary/aromatic N) is 7. The number of pyridine rings is 4. The number of Topliss-reactive ketones (excluding diaryl/α,β-unsaturated/α-hetero) is 2. The second kappa shape index (κ2) is 29.8. The highest BCUT2D eigenvalue weighted by atomic mass is 35.5. The Kier molecular flexibility index (Phi) is 22.1. The van der Waals surface area contributed by atoms with E-state index < -0.39 is 11.6 Å². The molecule has 6 aromatic heterocycles. The SMILES string of the molecule is C.C[C@@H](O)CCl.C[C@@H](O)CN1CCN(Cc2ccc(-c3cc4nccc(Oc5ccc(CC(=O)CC6CC6)cc5F)c4s3)nc2)CC1.O=C(Cc1ccc(Oc2ccnc3cc(-c4ccc(CN5CCNCC5)cn4)sc23)c(F)c1)CC1CC1. The van der Waals surface area contributed by atoms with Crippen LogP contribution in [0.25, 0.3) is 41.6 Å². The van der Waals surface area contributed by atoms with E-state index in [4.69, 9.17) is 36.1 Å². The highest BCUT2D eigenvalue weighted by Gasteiger charge is 2.26. The predicted octanol–water partition coefficient (Wildman–Crippen LogP) is 12.5. The Balaban J connectivity index is 0.000000185. The summed E-state index contributed by atoms with van der Waals surface area (Å²) in [6, 6.07) is 25.4. The molecule has 0 radical (unpaired) electrons. The number of hydrogen-bond acceptors (Lipinski definition) is 16. The van der Waals surface area contributed by atoms with Gasteiger partial charge in [-0.1, -0.05) is 31.7 Å². The van der Waals surface area contributed by atoms with Gasteiger partial charge in [-0.15, -0.1) is 34.3 Å². The molecular formula is C65H75ClF2N8O6S2.